The van der Waals surface area contributed by atoms with Crippen LogP contribution in [0.25, 0.3) is 11.3 Å². The van der Waals surface area contributed by atoms with E-state index in [0.29, 0.717) is 23.1 Å². The van der Waals surface area contributed by atoms with Gasteiger partial charge in [0.15, 0.2) is 5.60 Å². The summed E-state index contributed by atoms with van der Waals surface area (Å²) < 4.78 is 12.6. The second-order valence-electron chi connectivity index (χ2n) is 7.56. The Morgan fingerprint density at radius 3 is 2.34 bits per heavy atom. The lowest BCUT2D eigenvalue weighted by Gasteiger charge is -2.25. The molecule has 0 aliphatic heterocycles. The molecule has 3 rings (SSSR count). The molecule has 0 aliphatic rings. The molecule has 32 heavy (non-hydrogen) atoms. The molecule has 0 saturated carbocycles. The monoisotopic (exact) mass is 455 g/mol. The summed E-state index contributed by atoms with van der Waals surface area (Å²) in [6, 6.07) is 17.4. The molecular formula is C24H26ClN3O4. The summed E-state index contributed by atoms with van der Waals surface area (Å²) in [5.41, 5.74) is 0.177. The van der Waals surface area contributed by atoms with Crippen molar-refractivity contribution in [1.82, 2.24) is 15.1 Å². The van der Waals surface area contributed by atoms with Crippen molar-refractivity contribution in [2.24, 2.45) is 0 Å². The van der Waals surface area contributed by atoms with Crippen LogP contribution in [0.2, 0.25) is 5.02 Å². The highest BCUT2D eigenvalue weighted by Crippen LogP contribution is 2.21. The van der Waals surface area contributed by atoms with Crippen LogP contribution in [0.3, 0.4) is 0 Å². The van der Waals surface area contributed by atoms with Gasteiger partial charge in [-0.15, -0.1) is 0 Å². The number of ether oxygens (including phenoxy) is 2. The zero-order valence-electron chi connectivity index (χ0n) is 18.3. The van der Waals surface area contributed by atoms with Crippen LogP contribution in [0.15, 0.2) is 65.5 Å². The Labute approximate surface area is 191 Å². The molecule has 1 aromatic heterocycles. The first-order valence-corrected chi connectivity index (χ1v) is 10.7. The van der Waals surface area contributed by atoms with Gasteiger partial charge in [-0.05, 0) is 75.4 Å². The minimum Gasteiger partial charge on any atom is -0.494 e. The number of halogens is 1. The number of nitrogens with zero attached hydrogens (tertiary/aromatic N) is 2. The quantitative estimate of drug-likeness (QED) is 0.528. The summed E-state index contributed by atoms with van der Waals surface area (Å²) in [5.74, 6) is 1.01. The van der Waals surface area contributed by atoms with Crippen molar-refractivity contribution in [3.63, 3.8) is 0 Å². The molecule has 1 N–H and O–H groups in total. The van der Waals surface area contributed by atoms with Gasteiger partial charge in [-0.3, -0.25) is 9.59 Å². The van der Waals surface area contributed by atoms with E-state index in [2.05, 4.69) is 10.4 Å². The predicted octanol–water partition coefficient (Wildman–Crippen LogP) is 3.94. The maximum absolute atomic E-state index is 12.6. The maximum Gasteiger partial charge on any atom is 0.266 e. The van der Waals surface area contributed by atoms with E-state index in [1.165, 1.54) is 10.7 Å². The molecule has 0 radical (unpaired) electrons. The Bertz CT molecular complexity index is 1110. The number of hydrogen-bond donors (Lipinski definition) is 1. The Balaban J connectivity index is 1.61. The number of aromatic nitrogens is 2. The van der Waals surface area contributed by atoms with E-state index >= 15 is 0 Å². The van der Waals surface area contributed by atoms with Crippen molar-refractivity contribution in [3.05, 3.63) is 76.0 Å². The lowest BCUT2D eigenvalue weighted by atomic mass is 10.1. The van der Waals surface area contributed by atoms with E-state index in [1.54, 1.807) is 44.2 Å². The van der Waals surface area contributed by atoms with E-state index in [-0.39, 0.29) is 24.6 Å². The van der Waals surface area contributed by atoms with E-state index in [1.807, 2.05) is 31.2 Å². The average Bonchev–Trinajstić information content (AvgIpc) is 2.77. The third-order valence-electron chi connectivity index (χ3n) is 4.67. The SMILES string of the molecule is CCOc1ccc(-c2ccc(=O)n(CCNC(=O)C(C)(C)Oc3ccc(Cl)cc3)n2)cc1. The van der Waals surface area contributed by atoms with Gasteiger partial charge in [-0.25, -0.2) is 4.68 Å². The highest BCUT2D eigenvalue weighted by Gasteiger charge is 2.29. The molecule has 0 unspecified atom stereocenters. The van der Waals surface area contributed by atoms with Crippen LogP contribution in [0.5, 0.6) is 11.5 Å². The van der Waals surface area contributed by atoms with Crippen molar-refractivity contribution in [1.29, 1.82) is 0 Å². The first-order chi connectivity index (χ1) is 15.3. The third-order valence-corrected chi connectivity index (χ3v) is 4.92. The summed E-state index contributed by atoms with van der Waals surface area (Å²) >= 11 is 5.88. The highest BCUT2D eigenvalue weighted by molar-refractivity contribution is 6.30. The maximum atomic E-state index is 12.6. The molecule has 2 aromatic carbocycles. The third kappa shape index (κ3) is 6.11. The minimum atomic E-state index is -1.10. The summed E-state index contributed by atoms with van der Waals surface area (Å²) in [4.78, 5) is 24.8. The van der Waals surface area contributed by atoms with Crippen LogP contribution in [0.1, 0.15) is 20.8 Å². The lowest BCUT2D eigenvalue weighted by Crippen LogP contribution is -2.47. The number of carbonyl (C=O) groups is 1. The number of carbonyl (C=O) groups excluding carboxylic acids is 1. The van der Waals surface area contributed by atoms with E-state index in [4.69, 9.17) is 21.1 Å². The second-order valence-corrected chi connectivity index (χ2v) is 8.00. The summed E-state index contributed by atoms with van der Waals surface area (Å²) in [7, 11) is 0. The smallest absolute Gasteiger partial charge is 0.266 e. The number of amides is 1. The first kappa shape index (κ1) is 23.3. The standard InChI is InChI=1S/C24H26ClN3O4/c1-4-31-19-9-5-17(6-10-19)21-13-14-22(29)28(27-21)16-15-26-23(30)24(2,3)32-20-11-7-18(25)8-12-20/h5-14H,4,15-16H2,1-3H3,(H,26,30). The fourth-order valence-corrected chi connectivity index (χ4v) is 3.11. The zero-order chi connectivity index (χ0) is 23.1. The van der Waals surface area contributed by atoms with Crippen LogP contribution in [0, 0.1) is 0 Å². The van der Waals surface area contributed by atoms with Crippen molar-refractivity contribution in [2.45, 2.75) is 32.9 Å². The van der Waals surface area contributed by atoms with Gasteiger partial charge in [0.2, 0.25) is 0 Å². The van der Waals surface area contributed by atoms with Crippen molar-refractivity contribution in [3.8, 4) is 22.8 Å². The Morgan fingerprint density at radius 1 is 1.03 bits per heavy atom. The van der Waals surface area contributed by atoms with Crippen LogP contribution in [0.4, 0.5) is 0 Å². The summed E-state index contributed by atoms with van der Waals surface area (Å²) in [5, 5.41) is 7.81. The zero-order valence-corrected chi connectivity index (χ0v) is 19.1. The van der Waals surface area contributed by atoms with Gasteiger partial charge in [0, 0.05) is 23.2 Å². The Morgan fingerprint density at radius 2 is 1.69 bits per heavy atom. The molecule has 8 heteroatoms. The molecule has 0 atom stereocenters. The van der Waals surface area contributed by atoms with Crippen LogP contribution < -0.4 is 20.3 Å². The molecule has 0 aliphatic carbocycles. The Hall–Kier alpha value is -3.32. The molecule has 3 aromatic rings. The topological polar surface area (TPSA) is 82.5 Å². The molecule has 0 spiro atoms. The van der Waals surface area contributed by atoms with E-state index in [9.17, 15) is 9.59 Å². The molecule has 1 heterocycles. The molecule has 7 nitrogen and oxygen atoms in total. The number of nitrogens with one attached hydrogen (secondary N) is 1. The fraction of sp³-hybridized carbons (Fsp3) is 0.292. The van der Waals surface area contributed by atoms with Gasteiger partial charge in [-0.1, -0.05) is 11.6 Å². The van der Waals surface area contributed by atoms with Crippen molar-refractivity contribution >= 4 is 17.5 Å². The number of rotatable bonds is 9. The number of hydrogen-bond acceptors (Lipinski definition) is 5. The van der Waals surface area contributed by atoms with Crippen molar-refractivity contribution < 1.29 is 14.3 Å². The van der Waals surface area contributed by atoms with Crippen LogP contribution in [-0.2, 0) is 11.3 Å². The van der Waals surface area contributed by atoms with Gasteiger partial charge in [-0.2, -0.15) is 5.10 Å². The van der Waals surface area contributed by atoms with Gasteiger partial charge in [0.25, 0.3) is 11.5 Å². The lowest BCUT2D eigenvalue weighted by molar-refractivity contribution is -0.134. The van der Waals surface area contributed by atoms with Gasteiger partial charge >= 0.3 is 0 Å². The highest BCUT2D eigenvalue weighted by atomic mass is 35.5. The Kier molecular flexibility index (Phi) is 7.53. The second kappa shape index (κ2) is 10.3. The molecule has 0 fully saturated rings. The summed E-state index contributed by atoms with van der Waals surface area (Å²) in [6.07, 6.45) is 0. The molecule has 0 bridgehead atoms. The summed E-state index contributed by atoms with van der Waals surface area (Å²) in [6.45, 7) is 6.32. The van der Waals surface area contributed by atoms with Gasteiger partial charge < -0.3 is 14.8 Å². The fourth-order valence-electron chi connectivity index (χ4n) is 2.98. The normalized spacial score (nSPS) is 11.1. The largest absolute Gasteiger partial charge is 0.494 e. The minimum absolute atomic E-state index is 0.228. The molecule has 168 valence electrons. The number of benzene rings is 2. The van der Waals surface area contributed by atoms with Crippen LogP contribution in [-0.4, -0.2) is 34.4 Å². The van der Waals surface area contributed by atoms with E-state index in [0.717, 1.165) is 11.3 Å². The predicted molar refractivity (Wildman–Crippen MR) is 124 cm³/mol. The first-order valence-electron chi connectivity index (χ1n) is 10.3. The van der Waals surface area contributed by atoms with E-state index < -0.39 is 5.60 Å². The van der Waals surface area contributed by atoms with Gasteiger partial charge in [0.05, 0.1) is 18.8 Å². The van der Waals surface area contributed by atoms with Gasteiger partial charge in [0.1, 0.15) is 11.5 Å². The van der Waals surface area contributed by atoms with Crippen molar-refractivity contribution in [2.75, 3.05) is 13.2 Å². The average molecular weight is 456 g/mol. The molecule has 0 saturated heterocycles. The molecular weight excluding hydrogens is 430 g/mol. The molecule has 1 amide bonds. The van der Waals surface area contributed by atoms with Crippen LogP contribution >= 0.6 is 11.6 Å².